The van der Waals surface area contributed by atoms with E-state index in [4.69, 9.17) is 5.11 Å². The molecule has 0 bridgehead atoms. The third kappa shape index (κ3) is 6.80. The van der Waals surface area contributed by atoms with E-state index in [1.807, 2.05) is 13.8 Å². The van der Waals surface area contributed by atoms with Gasteiger partial charge in [-0.3, -0.25) is 4.79 Å². The fourth-order valence-corrected chi connectivity index (χ4v) is 0.511. The van der Waals surface area contributed by atoms with Crippen molar-refractivity contribution in [3.63, 3.8) is 0 Å². The molecule has 0 unspecified atom stereocenters. The Balaban J connectivity index is 3.67. The number of hydrogen-bond acceptors (Lipinski definition) is 2. The fourth-order valence-electron chi connectivity index (χ4n) is 0.511. The standard InChI is InChI=1S/C8H13NO3/c1-6(2)5-9-7(10)3-4-8(11)12/h3-4,6H,5H2,1-2H3,(H,9,10)(H,11,12)/b4-3+. The molecule has 0 radical (unpaired) electrons. The molecule has 0 heterocycles. The maximum atomic E-state index is 10.8. The van der Waals surface area contributed by atoms with E-state index in [0.717, 1.165) is 12.2 Å². The number of carboxylic acids is 1. The minimum atomic E-state index is -1.12. The molecule has 4 nitrogen and oxygen atoms in total. The van der Waals surface area contributed by atoms with E-state index in [-0.39, 0.29) is 5.91 Å². The van der Waals surface area contributed by atoms with Crippen molar-refractivity contribution in [1.82, 2.24) is 5.32 Å². The van der Waals surface area contributed by atoms with Gasteiger partial charge >= 0.3 is 5.97 Å². The topological polar surface area (TPSA) is 66.4 Å². The first-order chi connectivity index (χ1) is 5.52. The molecular formula is C8H13NO3. The Hall–Kier alpha value is -1.32. The maximum absolute atomic E-state index is 10.8. The van der Waals surface area contributed by atoms with E-state index in [2.05, 4.69) is 5.32 Å². The monoisotopic (exact) mass is 171 g/mol. The lowest BCUT2D eigenvalue weighted by molar-refractivity contribution is -0.131. The summed E-state index contributed by atoms with van der Waals surface area (Å²) in [6.45, 7) is 4.48. The van der Waals surface area contributed by atoms with Gasteiger partial charge in [-0.15, -0.1) is 0 Å². The van der Waals surface area contributed by atoms with Crippen LogP contribution in [0.2, 0.25) is 0 Å². The second-order valence-corrected chi connectivity index (χ2v) is 2.81. The van der Waals surface area contributed by atoms with Gasteiger partial charge in [-0.05, 0) is 5.92 Å². The van der Waals surface area contributed by atoms with Gasteiger partial charge < -0.3 is 10.4 Å². The van der Waals surface area contributed by atoms with Crippen LogP contribution in [0.1, 0.15) is 13.8 Å². The Morgan fingerprint density at radius 2 is 2.00 bits per heavy atom. The summed E-state index contributed by atoms with van der Waals surface area (Å²) in [7, 11) is 0. The van der Waals surface area contributed by atoms with Gasteiger partial charge in [0.25, 0.3) is 0 Å². The highest BCUT2D eigenvalue weighted by molar-refractivity contribution is 5.93. The van der Waals surface area contributed by atoms with Gasteiger partial charge in [0.05, 0.1) is 0 Å². The normalized spacial score (nSPS) is 10.6. The van der Waals surface area contributed by atoms with Crippen LogP contribution >= 0.6 is 0 Å². The van der Waals surface area contributed by atoms with E-state index in [1.54, 1.807) is 0 Å². The molecule has 0 aromatic heterocycles. The minimum Gasteiger partial charge on any atom is -0.478 e. The number of aliphatic carboxylic acids is 1. The van der Waals surface area contributed by atoms with Gasteiger partial charge in [0, 0.05) is 18.7 Å². The zero-order valence-corrected chi connectivity index (χ0v) is 7.20. The summed E-state index contributed by atoms with van der Waals surface area (Å²) in [6, 6.07) is 0. The Kier molecular flexibility index (Phi) is 4.76. The summed E-state index contributed by atoms with van der Waals surface area (Å²) >= 11 is 0. The number of amides is 1. The van der Waals surface area contributed by atoms with Crippen LogP contribution in [0.4, 0.5) is 0 Å². The molecule has 0 rings (SSSR count). The molecule has 0 aliphatic carbocycles. The molecular weight excluding hydrogens is 158 g/mol. The van der Waals surface area contributed by atoms with Crippen LogP contribution in [0, 0.1) is 5.92 Å². The number of nitrogens with one attached hydrogen (secondary N) is 1. The number of rotatable bonds is 4. The van der Waals surface area contributed by atoms with Crippen LogP contribution in [0.3, 0.4) is 0 Å². The predicted molar refractivity (Wildman–Crippen MR) is 44.6 cm³/mol. The number of hydrogen-bond donors (Lipinski definition) is 2. The van der Waals surface area contributed by atoms with Gasteiger partial charge in [-0.1, -0.05) is 13.8 Å². The Morgan fingerprint density at radius 3 is 2.42 bits per heavy atom. The third-order valence-electron chi connectivity index (χ3n) is 1.06. The molecule has 0 saturated carbocycles. The van der Waals surface area contributed by atoms with Crippen molar-refractivity contribution in [3.8, 4) is 0 Å². The molecule has 0 aliphatic rings. The van der Waals surface area contributed by atoms with Crippen molar-refractivity contribution in [2.75, 3.05) is 6.54 Å². The summed E-state index contributed by atoms with van der Waals surface area (Å²) in [5.74, 6) is -1.12. The zero-order chi connectivity index (χ0) is 9.56. The average molecular weight is 171 g/mol. The molecule has 12 heavy (non-hydrogen) atoms. The van der Waals surface area contributed by atoms with E-state index in [1.165, 1.54) is 0 Å². The van der Waals surface area contributed by atoms with E-state index < -0.39 is 5.97 Å². The minimum absolute atomic E-state index is 0.368. The molecule has 0 saturated heterocycles. The second kappa shape index (κ2) is 5.35. The van der Waals surface area contributed by atoms with Crippen molar-refractivity contribution in [1.29, 1.82) is 0 Å². The third-order valence-corrected chi connectivity index (χ3v) is 1.06. The van der Waals surface area contributed by atoms with Gasteiger partial charge in [0.2, 0.25) is 5.91 Å². The molecule has 4 heteroatoms. The molecule has 0 fully saturated rings. The van der Waals surface area contributed by atoms with Crippen LogP contribution in [-0.4, -0.2) is 23.5 Å². The molecule has 0 atom stereocenters. The van der Waals surface area contributed by atoms with Crippen molar-refractivity contribution in [2.24, 2.45) is 5.92 Å². The average Bonchev–Trinajstić information content (AvgIpc) is 1.96. The summed E-state index contributed by atoms with van der Waals surface area (Å²) in [5, 5.41) is 10.7. The van der Waals surface area contributed by atoms with Crippen LogP contribution < -0.4 is 5.32 Å². The predicted octanol–water partition coefficient (Wildman–Crippen LogP) is 0.399. The molecule has 2 N–H and O–H groups in total. The van der Waals surface area contributed by atoms with E-state index in [0.29, 0.717) is 12.5 Å². The van der Waals surface area contributed by atoms with Gasteiger partial charge in [0.1, 0.15) is 0 Å². The van der Waals surface area contributed by atoms with Crippen molar-refractivity contribution in [3.05, 3.63) is 12.2 Å². The molecule has 68 valence electrons. The Morgan fingerprint density at radius 1 is 1.42 bits per heavy atom. The largest absolute Gasteiger partial charge is 0.478 e. The first kappa shape index (κ1) is 10.7. The van der Waals surface area contributed by atoms with Gasteiger partial charge in [0.15, 0.2) is 0 Å². The van der Waals surface area contributed by atoms with Gasteiger partial charge in [-0.2, -0.15) is 0 Å². The van der Waals surface area contributed by atoms with Crippen molar-refractivity contribution in [2.45, 2.75) is 13.8 Å². The summed E-state index contributed by atoms with van der Waals surface area (Å²) in [6.07, 6.45) is 1.82. The summed E-state index contributed by atoms with van der Waals surface area (Å²) < 4.78 is 0. The quantitative estimate of drug-likeness (QED) is 0.602. The van der Waals surface area contributed by atoms with Gasteiger partial charge in [-0.25, -0.2) is 4.79 Å². The highest BCUT2D eigenvalue weighted by Crippen LogP contribution is 1.86. The lowest BCUT2D eigenvalue weighted by atomic mass is 10.2. The smallest absolute Gasteiger partial charge is 0.328 e. The summed E-state index contributed by atoms with van der Waals surface area (Å²) in [4.78, 5) is 20.8. The zero-order valence-electron chi connectivity index (χ0n) is 7.20. The lowest BCUT2D eigenvalue weighted by Gasteiger charge is -2.03. The maximum Gasteiger partial charge on any atom is 0.328 e. The fraction of sp³-hybridized carbons (Fsp3) is 0.500. The Bertz CT molecular complexity index is 196. The van der Waals surface area contributed by atoms with E-state index >= 15 is 0 Å². The van der Waals surface area contributed by atoms with Crippen molar-refractivity contribution < 1.29 is 14.7 Å². The molecule has 0 aromatic rings. The highest BCUT2D eigenvalue weighted by Gasteiger charge is 1.97. The highest BCUT2D eigenvalue weighted by atomic mass is 16.4. The van der Waals surface area contributed by atoms with Crippen molar-refractivity contribution >= 4 is 11.9 Å². The number of carbonyl (C=O) groups excluding carboxylic acids is 1. The molecule has 0 spiro atoms. The van der Waals surface area contributed by atoms with Crippen LogP contribution in [-0.2, 0) is 9.59 Å². The lowest BCUT2D eigenvalue weighted by Crippen LogP contribution is -2.25. The SMILES string of the molecule is CC(C)CNC(=O)/C=C/C(=O)O. The number of carbonyl (C=O) groups is 2. The first-order valence-corrected chi connectivity index (χ1v) is 3.71. The summed E-state index contributed by atoms with van der Waals surface area (Å²) in [5.41, 5.74) is 0. The van der Waals surface area contributed by atoms with Crippen LogP contribution in [0.25, 0.3) is 0 Å². The Labute approximate surface area is 71.3 Å². The second-order valence-electron chi connectivity index (χ2n) is 2.81. The number of carboxylic acid groups (broad SMARTS) is 1. The molecule has 0 aliphatic heterocycles. The first-order valence-electron chi connectivity index (χ1n) is 3.71. The molecule has 0 aromatic carbocycles. The van der Waals surface area contributed by atoms with Crippen LogP contribution in [0.5, 0.6) is 0 Å². The molecule has 1 amide bonds. The van der Waals surface area contributed by atoms with E-state index in [9.17, 15) is 9.59 Å². The van der Waals surface area contributed by atoms with Crippen LogP contribution in [0.15, 0.2) is 12.2 Å².